The van der Waals surface area contributed by atoms with Gasteiger partial charge in [-0.15, -0.1) is 0 Å². The third-order valence-corrected chi connectivity index (χ3v) is 3.03. The molecule has 0 aromatic carbocycles. The summed E-state index contributed by atoms with van der Waals surface area (Å²) in [4.78, 5) is 21.7. The van der Waals surface area contributed by atoms with Crippen molar-refractivity contribution in [3.8, 4) is 0 Å². The van der Waals surface area contributed by atoms with E-state index in [1.165, 1.54) is 6.20 Å². The van der Waals surface area contributed by atoms with Gasteiger partial charge in [-0.3, -0.25) is 0 Å². The number of aryl methyl sites for hydroxylation is 1. The summed E-state index contributed by atoms with van der Waals surface area (Å²) in [6, 6.07) is 0. The molecule has 0 aliphatic heterocycles. The van der Waals surface area contributed by atoms with Crippen LogP contribution in [0.15, 0.2) is 6.20 Å². The van der Waals surface area contributed by atoms with E-state index in [2.05, 4.69) is 28.7 Å². The van der Waals surface area contributed by atoms with Crippen molar-refractivity contribution in [1.29, 1.82) is 0 Å². The Labute approximate surface area is 108 Å². The van der Waals surface area contributed by atoms with Gasteiger partial charge in [-0.05, 0) is 19.5 Å². The second kappa shape index (κ2) is 7.06. The van der Waals surface area contributed by atoms with E-state index < -0.39 is 5.97 Å². The molecule has 0 bridgehead atoms. The molecule has 1 aromatic rings. The van der Waals surface area contributed by atoms with Gasteiger partial charge in [-0.25, -0.2) is 14.8 Å². The minimum Gasteiger partial charge on any atom is -0.478 e. The van der Waals surface area contributed by atoms with Crippen molar-refractivity contribution in [3.05, 3.63) is 23.3 Å². The molecule has 0 unspecified atom stereocenters. The summed E-state index contributed by atoms with van der Waals surface area (Å²) < 4.78 is 0. The first-order chi connectivity index (χ1) is 8.62. The molecular formula is C13H21N3O2. The summed E-state index contributed by atoms with van der Waals surface area (Å²) in [6.45, 7) is 9.06. The van der Waals surface area contributed by atoms with Crippen LogP contribution in [0.2, 0.25) is 0 Å². The van der Waals surface area contributed by atoms with Crippen molar-refractivity contribution in [1.82, 2.24) is 14.9 Å². The zero-order chi connectivity index (χ0) is 13.5. The molecule has 5 nitrogen and oxygen atoms in total. The lowest BCUT2D eigenvalue weighted by atomic mass is 10.2. The monoisotopic (exact) mass is 251 g/mol. The zero-order valence-corrected chi connectivity index (χ0v) is 11.3. The first kappa shape index (κ1) is 14.6. The second-order valence-electron chi connectivity index (χ2n) is 4.08. The lowest BCUT2D eigenvalue weighted by molar-refractivity contribution is 0.0694. The van der Waals surface area contributed by atoms with Crippen LogP contribution in [0.5, 0.6) is 0 Å². The van der Waals surface area contributed by atoms with E-state index >= 15 is 0 Å². The van der Waals surface area contributed by atoms with Gasteiger partial charge in [0, 0.05) is 19.2 Å². The molecule has 0 aliphatic rings. The average molecular weight is 251 g/mol. The van der Waals surface area contributed by atoms with E-state index in [9.17, 15) is 4.79 Å². The van der Waals surface area contributed by atoms with Crippen molar-refractivity contribution in [3.63, 3.8) is 0 Å². The quantitative estimate of drug-likeness (QED) is 0.797. The molecule has 5 heteroatoms. The molecule has 100 valence electrons. The summed E-state index contributed by atoms with van der Waals surface area (Å²) in [6.07, 6.45) is 2.79. The number of carboxylic acid groups (broad SMARTS) is 1. The molecule has 0 spiro atoms. The van der Waals surface area contributed by atoms with Gasteiger partial charge in [0.2, 0.25) is 0 Å². The van der Waals surface area contributed by atoms with Crippen molar-refractivity contribution in [2.24, 2.45) is 0 Å². The van der Waals surface area contributed by atoms with Crippen molar-refractivity contribution in [2.45, 2.75) is 33.6 Å². The Kier molecular flexibility index (Phi) is 5.71. The fraction of sp³-hybridized carbons (Fsp3) is 0.615. The molecule has 1 rings (SSSR count). The van der Waals surface area contributed by atoms with Crippen molar-refractivity contribution < 1.29 is 9.90 Å². The highest BCUT2D eigenvalue weighted by molar-refractivity contribution is 5.88. The molecule has 0 aliphatic carbocycles. The predicted molar refractivity (Wildman–Crippen MR) is 69.9 cm³/mol. The summed E-state index contributed by atoms with van der Waals surface area (Å²) in [7, 11) is 0. The molecule has 0 saturated carbocycles. The largest absolute Gasteiger partial charge is 0.478 e. The van der Waals surface area contributed by atoms with E-state index in [1.807, 2.05) is 6.92 Å². The molecule has 0 atom stereocenters. The third kappa shape index (κ3) is 3.77. The number of rotatable bonds is 7. The van der Waals surface area contributed by atoms with Crippen LogP contribution < -0.4 is 0 Å². The molecule has 0 radical (unpaired) electrons. The van der Waals surface area contributed by atoms with Crippen LogP contribution in [0.1, 0.15) is 42.6 Å². The topological polar surface area (TPSA) is 66.3 Å². The predicted octanol–water partition coefficient (Wildman–Crippen LogP) is 1.62. The fourth-order valence-corrected chi connectivity index (χ4v) is 1.83. The van der Waals surface area contributed by atoms with Crippen molar-refractivity contribution in [2.75, 3.05) is 19.6 Å². The number of aromatic carboxylic acids is 1. The highest BCUT2D eigenvalue weighted by Crippen LogP contribution is 2.07. The van der Waals surface area contributed by atoms with Crippen LogP contribution in [0.3, 0.4) is 0 Å². The Morgan fingerprint density at radius 2 is 2.00 bits per heavy atom. The molecular weight excluding hydrogens is 230 g/mol. The first-order valence-corrected chi connectivity index (χ1v) is 6.42. The highest BCUT2D eigenvalue weighted by atomic mass is 16.4. The maximum Gasteiger partial charge on any atom is 0.339 e. The Morgan fingerprint density at radius 1 is 1.33 bits per heavy atom. The number of aromatic nitrogens is 2. The SMILES string of the molecule is CCc1nc(CCN(CC)CC)ncc1C(=O)O. The van der Waals surface area contributed by atoms with Crippen LogP contribution in [-0.4, -0.2) is 45.6 Å². The summed E-state index contributed by atoms with van der Waals surface area (Å²) in [5, 5.41) is 8.99. The minimum atomic E-state index is -0.956. The van der Waals surface area contributed by atoms with E-state index in [4.69, 9.17) is 5.11 Å². The summed E-state index contributed by atoms with van der Waals surface area (Å²) >= 11 is 0. The highest BCUT2D eigenvalue weighted by Gasteiger charge is 2.12. The van der Waals surface area contributed by atoms with Crippen LogP contribution >= 0.6 is 0 Å². The Hall–Kier alpha value is -1.49. The number of nitrogens with zero attached hydrogens (tertiary/aromatic N) is 3. The van der Waals surface area contributed by atoms with Gasteiger partial charge in [-0.2, -0.15) is 0 Å². The number of hydrogen-bond donors (Lipinski definition) is 1. The van der Waals surface area contributed by atoms with Gasteiger partial charge < -0.3 is 10.0 Å². The first-order valence-electron chi connectivity index (χ1n) is 6.42. The van der Waals surface area contributed by atoms with E-state index in [0.29, 0.717) is 12.1 Å². The normalized spacial score (nSPS) is 10.9. The maximum atomic E-state index is 11.0. The summed E-state index contributed by atoms with van der Waals surface area (Å²) in [5.74, 6) is -0.231. The standard InChI is InChI=1S/C13H21N3O2/c1-4-11-10(13(17)18)9-14-12(15-11)7-8-16(5-2)6-3/h9H,4-8H2,1-3H3,(H,17,18). The number of hydrogen-bond acceptors (Lipinski definition) is 4. The van der Waals surface area contributed by atoms with Gasteiger partial charge in [0.25, 0.3) is 0 Å². The lowest BCUT2D eigenvalue weighted by Crippen LogP contribution is -2.26. The Balaban J connectivity index is 2.76. The third-order valence-electron chi connectivity index (χ3n) is 3.03. The maximum absolute atomic E-state index is 11.0. The molecule has 1 aromatic heterocycles. The lowest BCUT2D eigenvalue weighted by Gasteiger charge is -2.17. The van der Waals surface area contributed by atoms with Crippen LogP contribution in [0, 0.1) is 0 Å². The molecule has 1 heterocycles. The van der Waals surface area contributed by atoms with E-state index in [-0.39, 0.29) is 5.56 Å². The molecule has 18 heavy (non-hydrogen) atoms. The molecule has 0 fully saturated rings. The molecule has 0 saturated heterocycles. The summed E-state index contributed by atoms with van der Waals surface area (Å²) in [5.41, 5.74) is 0.830. The van der Waals surface area contributed by atoms with E-state index in [1.54, 1.807) is 0 Å². The zero-order valence-electron chi connectivity index (χ0n) is 11.3. The van der Waals surface area contributed by atoms with Crippen LogP contribution in [-0.2, 0) is 12.8 Å². The fourth-order valence-electron chi connectivity index (χ4n) is 1.83. The van der Waals surface area contributed by atoms with E-state index in [0.717, 1.165) is 31.9 Å². The Bertz CT molecular complexity index is 403. The minimum absolute atomic E-state index is 0.212. The smallest absolute Gasteiger partial charge is 0.339 e. The average Bonchev–Trinajstić information content (AvgIpc) is 2.39. The van der Waals surface area contributed by atoms with Gasteiger partial charge in [0.05, 0.1) is 11.3 Å². The van der Waals surface area contributed by atoms with Crippen LogP contribution in [0.25, 0.3) is 0 Å². The molecule has 1 N–H and O–H groups in total. The number of carboxylic acids is 1. The van der Waals surface area contributed by atoms with Gasteiger partial charge in [0.1, 0.15) is 5.82 Å². The number of carbonyl (C=O) groups is 1. The molecule has 0 amide bonds. The number of likely N-dealkylation sites (N-methyl/N-ethyl adjacent to an activating group) is 1. The van der Waals surface area contributed by atoms with Crippen LogP contribution in [0.4, 0.5) is 0 Å². The van der Waals surface area contributed by atoms with Gasteiger partial charge in [-0.1, -0.05) is 20.8 Å². The Morgan fingerprint density at radius 3 is 2.50 bits per heavy atom. The van der Waals surface area contributed by atoms with Gasteiger partial charge in [0.15, 0.2) is 0 Å². The van der Waals surface area contributed by atoms with Gasteiger partial charge >= 0.3 is 5.97 Å². The second-order valence-corrected chi connectivity index (χ2v) is 4.08. The van der Waals surface area contributed by atoms with Crippen molar-refractivity contribution >= 4 is 5.97 Å².